The molecular formula is C20H18F3N3O4S. The van der Waals surface area contributed by atoms with Crippen molar-refractivity contribution in [1.29, 1.82) is 0 Å². The number of benzene rings is 2. The van der Waals surface area contributed by atoms with Gasteiger partial charge in [0.15, 0.2) is 0 Å². The summed E-state index contributed by atoms with van der Waals surface area (Å²) in [5.74, 6) is -0.401. The van der Waals surface area contributed by atoms with Crippen molar-refractivity contribution < 1.29 is 31.1 Å². The minimum Gasteiger partial charge on any atom is -0.493 e. The zero-order chi connectivity index (χ0) is 22.2. The number of ether oxygens (including phenoxy) is 1. The Morgan fingerprint density at radius 1 is 1.16 bits per heavy atom. The first-order valence-corrected chi connectivity index (χ1v) is 10.9. The number of hydrogen-bond donors (Lipinski definition) is 3. The third kappa shape index (κ3) is 4.83. The van der Waals surface area contributed by atoms with Gasteiger partial charge >= 0.3 is 6.18 Å². The molecule has 0 aromatic heterocycles. The fraction of sp³-hybridized carbons (Fsp3) is 0.250. The van der Waals surface area contributed by atoms with Gasteiger partial charge in [-0.1, -0.05) is 12.1 Å². The highest BCUT2D eigenvalue weighted by atomic mass is 32.2. The van der Waals surface area contributed by atoms with Crippen molar-refractivity contribution in [3.05, 3.63) is 59.2 Å². The number of carbonyl (C=O) groups is 1. The van der Waals surface area contributed by atoms with E-state index in [1.807, 2.05) is 0 Å². The Morgan fingerprint density at radius 2 is 1.97 bits per heavy atom. The van der Waals surface area contributed by atoms with Crippen molar-refractivity contribution in [2.45, 2.75) is 25.6 Å². The largest absolute Gasteiger partial charge is 0.493 e. The molecule has 2 aromatic carbocycles. The van der Waals surface area contributed by atoms with Crippen LogP contribution in [0.5, 0.6) is 5.75 Å². The second-order valence-corrected chi connectivity index (χ2v) is 8.62. The highest BCUT2D eigenvalue weighted by molar-refractivity contribution is 7.90. The van der Waals surface area contributed by atoms with Crippen LogP contribution in [0.15, 0.2) is 42.5 Å². The van der Waals surface area contributed by atoms with Gasteiger partial charge in [-0.2, -0.15) is 26.3 Å². The number of rotatable bonds is 2. The molecule has 2 heterocycles. The molecule has 0 saturated carbocycles. The van der Waals surface area contributed by atoms with Gasteiger partial charge in [0.1, 0.15) is 5.75 Å². The Balaban J connectivity index is 1.57. The Bertz CT molecular complexity index is 1180. The predicted molar refractivity (Wildman–Crippen MR) is 109 cm³/mol. The van der Waals surface area contributed by atoms with Crippen molar-refractivity contribution in [1.82, 2.24) is 4.72 Å². The summed E-state index contributed by atoms with van der Waals surface area (Å²) in [6.45, 7) is 0.381. The van der Waals surface area contributed by atoms with E-state index >= 15 is 0 Å². The zero-order valence-corrected chi connectivity index (χ0v) is 16.9. The lowest BCUT2D eigenvalue weighted by Crippen LogP contribution is -2.34. The molecule has 0 spiro atoms. The standard InChI is InChI=1S/C20H18F3N3O4S/c21-20(22,23)14-4-6-16-12(2-1-7-30-18(16)9-14)8-19(27)25-15-5-3-13-11-24-31(28,29)26-17(13)10-15/h3-6,8-10,24,26H,1-2,7,11H2,(H,25,27). The second-order valence-electron chi connectivity index (χ2n) is 7.12. The van der Waals surface area contributed by atoms with E-state index in [0.717, 1.165) is 17.7 Å². The van der Waals surface area contributed by atoms with Crippen molar-refractivity contribution in [2.75, 3.05) is 16.6 Å². The Labute approximate surface area is 176 Å². The van der Waals surface area contributed by atoms with Crippen LogP contribution < -0.4 is 19.5 Å². The van der Waals surface area contributed by atoms with E-state index in [1.54, 1.807) is 12.1 Å². The van der Waals surface area contributed by atoms with Gasteiger partial charge < -0.3 is 10.1 Å². The normalized spacial score (nSPS) is 18.7. The minimum atomic E-state index is -4.49. The summed E-state index contributed by atoms with van der Waals surface area (Å²) in [6.07, 6.45) is -2.16. The summed E-state index contributed by atoms with van der Waals surface area (Å²) in [5, 5.41) is 2.66. The molecule has 11 heteroatoms. The first-order valence-electron chi connectivity index (χ1n) is 9.37. The Kier molecular flexibility index (Phi) is 5.40. The molecule has 0 unspecified atom stereocenters. The SMILES string of the molecule is O=C(C=C1CCCOc2cc(C(F)(F)F)ccc21)Nc1ccc2c(c1)NS(=O)(=O)NC2. The van der Waals surface area contributed by atoms with E-state index in [4.69, 9.17) is 4.74 Å². The molecule has 0 fully saturated rings. The van der Waals surface area contributed by atoms with Crippen LogP contribution in [0.2, 0.25) is 0 Å². The molecule has 0 radical (unpaired) electrons. The Morgan fingerprint density at radius 3 is 2.74 bits per heavy atom. The lowest BCUT2D eigenvalue weighted by molar-refractivity contribution is -0.137. The van der Waals surface area contributed by atoms with Gasteiger partial charge in [-0.15, -0.1) is 0 Å². The van der Waals surface area contributed by atoms with Gasteiger partial charge in [-0.05, 0) is 48.2 Å². The zero-order valence-electron chi connectivity index (χ0n) is 16.0. The van der Waals surface area contributed by atoms with Crippen molar-refractivity contribution in [2.24, 2.45) is 0 Å². The monoisotopic (exact) mass is 453 g/mol. The number of anilines is 2. The van der Waals surface area contributed by atoms with Gasteiger partial charge in [0.2, 0.25) is 5.91 Å². The number of carbonyl (C=O) groups excluding carboxylic acids is 1. The lowest BCUT2D eigenvalue weighted by atomic mass is 9.99. The summed E-state index contributed by atoms with van der Waals surface area (Å²) in [7, 11) is -3.63. The van der Waals surface area contributed by atoms with Crippen LogP contribution in [0.4, 0.5) is 24.5 Å². The molecule has 0 bridgehead atoms. The van der Waals surface area contributed by atoms with Gasteiger partial charge in [-0.25, -0.2) is 0 Å². The average Bonchev–Trinajstić information content (AvgIpc) is 2.88. The smallest absolute Gasteiger partial charge is 0.416 e. The van der Waals surface area contributed by atoms with Crippen molar-refractivity contribution >= 4 is 33.1 Å². The van der Waals surface area contributed by atoms with Crippen LogP contribution in [0.1, 0.15) is 29.5 Å². The molecule has 4 rings (SSSR count). The molecule has 0 aliphatic carbocycles. The molecule has 3 N–H and O–H groups in total. The molecule has 0 atom stereocenters. The van der Waals surface area contributed by atoms with Crippen molar-refractivity contribution in [3.8, 4) is 5.75 Å². The van der Waals surface area contributed by atoms with Gasteiger partial charge in [-0.3, -0.25) is 9.52 Å². The fourth-order valence-corrected chi connectivity index (χ4v) is 4.30. The highest BCUT2D eigenvalue weighted by Gasteiger charge is 2.32. The second kappa shape index (κ2) is 7.89. The summed E-state index contributed by atoms with van der Waals surface area (Å²) in [5.41, 5.74) is 1.63. The molecule has 2 aliphatic heterocycles. The van der Waals surface area contributed by atoms with E-state index in [-0.39, 0.29) is 18.9 Å². The van der Waals surface area contributed by atoms with Crippen LogP contribution in [0.25, 0.3) is 5.57 Å². The van der Waals surface area contributed by atoms with E-state index in [9.17, 15) is 26.4 Å². The molecule has 164 valence electrons. The van der Waals surface area contributed by atoms with E-state index in [1.165, 1.54) is 18.2 Å². The quantitative estimate of drug-likeness (QED) is 0.605. The number of amides is 1. The number of alkyl halides is 3. The van der Waals surface area contributed by atoms with Crippen LogP contribution in [-0.2, 0) is 27.7 Å². The van der Waals surface area contributed by atoms with E-state index in [2.05, 4.69) is 14.8 Å². The summed E-state index contributed by atoms with van der Waals surface area (Å²) < 4.78 is 72.4. The molecule has 7 nitrogen and oxygen atoms in total. The van der Waals surface area contributed by atoms with Gasteiger partial charge in [0.25, 0.3) is 10.2 Å². The van der Waals surface area contributed by atoms with Gasteiger partial charge in [0, 0.05) is 23.9 Å². The first kappa shape index (κ1) is 21.2. The third-order valence-corrected chi connectivity index (χ3v) is 5.90. The average molecular weight is 453 g/mol. The molecule has 0 saturated heterocycles. The summed E-state index contributed by atoms with van der Waals surface area (Å²) >= 11 is 0. The summed E-state index contributed by atoms with van der Waals surface area (Å²) in [4.78, 5) is 12.6. The molecule has 1 amide bonds. The summed E-state index contributed by atoms with van der Waals surface area (Å²) in [6, 6.07) is 8.03. The minimum absolute atomic E-state index is 0.0852. The highest BCUT2D eigenvalue weighted by Crippen LogP contribution is 2.38. The van der Waals surface area contributed by atoms with E-state index < -0.39 is 27.9 Å². The van der Waals surface area contributed by atoms with Crippen LogP contribution >= 0.6 is 0 Å². The lowest BCUT2D eigenvalue weighted by Gasteiger charge is -2.19. The van der Waals surface area contributed by atoms with Crippen LogP contribution in [-0.4, -0.2) is 20.9 Å². The fourth-order valence-electron chi connectivity index (χ4n) is 3.41. The molecule has 2 aromatic rings. The maximum Gasteiger partial charge on any atom is 0.416 e. The van der Waals surface area contributed by atoms with E-state index in [0.29, 0.717) is 35.4 Å². The third-order valence-electron chi connectivity index (χ3n) is 4.88. The maximum atomic E-state index is 13.0. The van der Waals surface area contributed by atoms with Crippen LogP contribution in [0.3, 0.4) is 0 Å². The number of halogens is 3. The first-order chi connectivity index (χ1) is 14.6. The maximum absolute atomic E-state index is 13.0. The van der Waals surface area contributed by atoms with Crippen molar-refractivity contribution in [3.63, 3.8) is 0 Å². The number of fused-ring (bicyclic) bond motifs is 2. The molecule has 2 aliphatic rings. The Hall–Kier alpha value is -3.05. The molecule has 31 heavy (non-hydrogen) atoms. The number of hydrogen-bond acceptors (Lipinski definition) is 4. The van der Waals surface area contributed by atoms with Crippen LogP contribution in [0, 0.1) is 0 Å². The predicted octanol–water partition coefficient (Wildman–Crippen LogP) is 3.66. The molecular weight excluding hydrogens is 435 g/mol. The number of nitrogens with one attached hydrogen (secondary N) is 3. The topological polar surface area (TPSA) is 96.5 Å². The van der Waals surface area contributed by atoms with Gasteiger partial charge in [0.05, 0.1) is 17.9 Å². The number of allylic oxidation sites excluding steroid dienone is 1.